The average Bonchev–Trinajstić information content (AvgIpc) is 0.811. The van der Waals surface area contributed by atoms with Gasteiger partial charge in [-0.2, -0.15) is 0 Å². The number of hydrogen-bond donors (Lipinski definition) is 3. The van der Waals surface area contributed by atoms with Crippen LogP contribution in [-0.2, 0) is 0 Å². The normalized spacial score (nSPS) is 3.86. The summed E-state index contributed by atoms with van der Waals surface area (Å²) in [5.74, 6) is 0. The first kappa shape index (κ1) is 23.3. The van der Waals surface area contributed by atoms with Crippen molar-refractivity contribution in [3.05, 3.63) is 0 Å². The zero-order valence-electron chi connectivity index (χ0n) is 3.38. The Morgan fingerprint density at radius 3 is 0.857 bits per heavy atom. The minimum Gasteiger partial charge on any atom is -1.00 e. The average molecular weight is 173 g/mol. The van der Waals surface area contributed by atoms with Crippen LogP contribution in [0.2, 0.25) is 0 Å². The molecule has 3 N–H and O–H groups in total. The third kappa shape index (κ3) is 81.8. The van der Waals surface area contributed by atoms with Crippen LogP contribution in [0.1, 0.15) is 0 Å². The molecule has 0 spiro atoms. The predicted octanol–water partition coefficient (Wildman–Crippen LogP) is -8.42. The van der Waals surface area contributed by atoms with Gasteiger partial charge in [-0.15, -0.1) is 0 Å². The molecule has 0 bridgehead atoms. The van der Waals surface area contributed by atoms with E-state index in [2.05, 4.69) is 0 Å². The molecule has 0 fully saturated rings. The molecule has 0 atom stereocenters. The number of halogens is 2. The van der Waals surface area contributed by atoms with Gasteiger partial charge in [0.05, 0.1) is 0 Å². The molecule has 0 rings (SSSR count). The first-order valence-corrected chi connectivity index (χ1v) is 0.775. The second kappa shape index (κ2) is 15.7. The molecule has 0 saturated heterocycles. The molecule has 0 saturated carbocycles. The Morgan fingerprint density at radius 2 is 0.857 bits per heavy atom. The van der Waals surface area contributed by atoms with E-state index in [9.17, 15) is 0 Å². The molecule has 0 unspecified atom stereocenters. The second-order valence-electron chi connectivity index (χ2n) is 0.346. The monoisotopic (exact) mass is 172 g/mol. The molecule has 3 nitrogen and oxygen atoms in total. The van der Waals surface area contributed by atoms with Gasteiger partial charge in [-0.25, -0.2) is 0 Å². The van der Waals surface area contributed by atoms with Crippen molar-refractivity contribution in [2.24, 2.45) is 0 Å². The molecule has 40 valence electrons. The quantitative estimate of drug-likeness (QED) is 0.319. The van der Waals surface area contributed by atoms with Gasteiger partial charge in [-0.3, -0.25) is 0 Å². The van der Waals surface area contributed by atoms with Crippen LogP contribution >= 0.6 is 0 Å². The fraction of sp³-hybridized carbons (Fsp3) is 0. The summed E-state index contributed by atoms with van der Waals surface area (Å²) in [4.78, 5) is 0. The molecule has 0 aliphatic rings. The van der Waals surface area contributed by atoms with Crippen molar-refractivity contribution < 1.29 is 39.9 Å². The van der Waals surface area contributed by atoms with E-state index in [1.807, 2.05) is 0 Å². The topological polar surface area (TPSA) is 60.7 Å². The number of rotatable bonds is 0. The maximum absolute atomic E-state index is 7.17. The summed E-state index contributed by atoms with van der Waals surface area (Å²) in [7, 11) is -2.17. The molecule has 0 aromatic rings. The van der Waals surface area contributed by atoms with Gasteiger partial charge in [0.2, 0.25) is 0 Å². The Morgan fingerprint density at radius 1 is 0.857 bits per heavy atom. The van der Waals surface area contributed by atoms with E-state index in [4.69, 9.17) is 15.1 Å². The standard InChI is InChI=1S/BH3O3.Ca.2ClH/c2-1(3)4;;;/h2-4H;;2*1H/q;+2;;/p-2. The molecular formula is H3BCaCl2O3. The zero-order valence-corrected chi connectivity index (χ0v) is 7.10. The summed E-state index contributed by atoms with van der Waals surface area (Å²) in [6.07, 6.45) is 0. The molecule has 0 aliphatic heterocycles. The van der Waals surface area contributed by atoms with Crippen LogP contribution in [0.4, 0.5) is 0 Å². The SMILES string of the molecule is OB(O)O.[Ca+2].[Cl-].[Cl-]. The molecule has 0 aliphatic carbocycles. The van der Waals surface area contributed by atoms with Gasteiger partial charge in [0, 0.05) is 0 Å². The van der Waals surface area contributed by atoms with Crippen molar-refractivity contribution in [2.45, 2.75) is 0 Å². The van der Waals surface area contributed by atoms with E-state index < -0.39 is 7.32 Å². The first-order valence-electron chi connectivity index (χ1n) is 0.775. The van der Waals surface area contributed by atoms with Gasteiger partial charge in [0.25, 0.3) is 0 Å². The van der Waals surface area contributed by atoms with Gasteiger partial charge in [-0.1, -0.05) is 0 Å². The minimum absolute atomic E-state index is 0. The molecule has 7 heteroatoms. The predicted molar refractivity (Wildman–Crippen MR) is 18.2 cm³/mol. The Bertz CT molecular complexity index is 17.7. The Balaban J connectivity index is -0.0000000150. The third-order valence-electron chi connectivity index (χ3n) is 0. The van der Waals surface area contributed by atoms with Crippen LogP contribution in [0.3, 0.4) is 0 Å². The summed E-state index contributed by atoms with van der Waals surface area (Å²) in [5, 5.41) is 21.5. The van der Waals surface area contributed by atoms with Crippen molar-refractivity contribution in [1.82, 2.24) is 0 Å². The summed E-state index contributed by atoms with van der Waals surface area (Å²) >= 11 is 0. The maximum atomic E-state index is 7.17. The molecule has 0 aromatic carbocycles. The van der Waals surface area contributed by atoms with Crippen LogP contribution in [0.15, 0.2) is 0 Å². The summed E-state index contributed by atoms with van der Waals surface area (Å²) in [6.45, 7) is 0. The van der Waals surface area contributed by atoms with Gasteiger partial charge in [-0.05, 0) is 0 Å². The van der Waals surface area contributed by atoms with Crippen LogP contribution in [0.25, 0.3) is 0 Å². The van der Waals surface area contributed by atoms with Gasteiger partial charge in [0.1, 0.15) is 0 Å². The van der Waals surface area contributed by atoms with E-state index in [1.165, 1.54) is 0 Å². The van der Waals surface area contributed by atoms with Crippen LogP contribution in [0, 0.1) is 0 Å². The van der Waals surface area contributed by atoms with Crippen LogP contribution in [0.5, 0.6) is 0 Å². The smallest absolute Gasteiger partial charge is 1.00 e. The third-order valence-corrected chi connectivity index (χ3v) is 0. The van der Waals surface area contributed by atoms with E-state index >= 15 is 0 Å². The van der Waals surface area contributed by atoms with Gasteiger partial charge < -0.3 is 39.9 Å². The number of hydrogen-bond acceptors (Lipinski definition) is 3. The van der Waals surface area contributed by atoms with E-state index in [0.29, 0.717) is 0 Å². The first-order chi connectivity index (χ1) is 1.73. The second-order valence-corrected chi connectivity index (χ2v) is 0.346. The van der Waals surface area contributed by atoms with E-state index in [-0.39, 0.29) is 62.6 Å². The minimum atomic E-state index is -2.17. The molecule has 0 heterocycles. The maximum Gasteiger partial charge on any atom is 2.00 e. The molecule has 0 aromatic heterocycles. The molecular weight excluding hydrogens is 170 g/mol. The Hall–Kier alpha value is 1.78. The van der Waals surface area contributed by atoms with Crippen LogP contribution in [-0.4, -0.2) is 60.1 Å². The van der Waals surface area contributed by atoms with Crippen LogP contribution < -0.4 is 24.8 Å². The van der Waals surface area contributed by atoms with Crippen molar-refractivity contribution in [3.63, 3.8) is 0 Å². The van der Waals surface area contributed by atoms with Crippen molar-refractivity contribution in [1.29, 1.82) is 0 Å². The fourth-order valence-electron chi connectivity index (χ4n) is 0. The summed E-state index contributed by atoms with van der Waals surface area (Å²) in [5.41, 5.74) is 0. The fourth-order valence-corrected chi connectivity index (χ4v) is 0. The summed E-state index contributed by atoms with van der Waals surface area (Å²) < 4.78 is 0. The molecule has 0 amide bonds. The van der Waals surface area contributed by atoms with Gasteiger partial charge in [0.15, 0.2) is 0 Å². The van der Waals surface area contributed by atoms with Crippen molar-refractivity contribution in [2.75, 3.05) is 0 Å². The molecule has 0 radical (unpaired) electrons. The Kier molecular flexibility index (Phi) is 52.0. The zero-order chi connectivity index (χ0) is 3.58. The van der Waals surface area contributed by atoms with E-state index in [1.54, 1.807) is 0 Å². The molecule has 7 heavy (non-hydrogen) atoms. The van der Waals surface area contributed by atoms with Crippen molar-refractivity contribution >= 4 is 45.1 Å². The van der Waals surface area contributed by atoms with Crippen molar-refractivity contribution in [3.8, 4) is 0 Å². The Labute approximate surface area is 84.1 Å². The van der Waals surface area contributed by atoms with E-state index in [0.717, 1.165) is 0 Å². The largest absolute Gasteiger partial charge is 2.00 e. The van der Waals surface area contributed by atoms with Gasteiger partial charge >= 0.3 is 45.1 Å². The summed E-state index contributed by atoms with van der Waals surface area (Å²) in [6, 6.07) is 0.